The van der Waals surface area contributed by atoms with Gasteiger partial charge in [-0.1, -0.05) is 42.0 Å². The van der Waals surface area contributed by atoms with Gasteiger partial charge in [-0.3, -0.25) is 19.3 Å². The lowest BCUT2D eigenvalue weighted by Gasteiger charge is -2.50. The lowest BCUT2D eigenvalue weighted by Crippen LogP contribution is -2.65. The topological polar surface area (TPSA) is 141 Å². The van der Waals surface area contributed by atoms with Crippen LogP contribution < -0.4 is 5.73 Å². The first-order chi connectivity index (χ1) is 18.4. The highest BCUT2D eigenvalue weighted by Gasteiger charge is 2.64. The molecular formula is C31H34N2O6. The van der Waals surface area contributed by atoms with Crippen molar-refractivity contribution in [3.63, 3.8) is 0 Å². The maximum atomic E-state index is 14.0. The van der Waals surface area contributed by atoms with Crippen molar-refractivity contribution in [1.82, 2.24) is 4.90 Å². The standard InChI is InChI=1S/C31H34N2O6/c1-15-5-8-17(9-6-15)10-12-18-11-7-16(2)22-20(18)13-19-14-21-25(33(3)4)27(35)24(30(32)38)29(37)31(21,39)28(36)23(19)26(22)34/h5-9,11,19,21,25,34,37,39H,10,12-14H2,1-4H3,(H2,32,38)/t19-,21-,25-,31-/m0/s1. The molecule has 5 N–H and O–H groups in total. The Labute approximate surface area is 227 Å². The van der Waals surface area contributed by atoms with Crippen LogP contribution >= 0.6 is 0 Å². The first-order valence-corrected chi connectivity index (χ1v) is 13.2. The average molecular weight is 531 g/mol. The minimum absolute atomic E-state index is 0.0160. The fourth-order valence-electron chi connectivity index (χ4n) is 6.77. The summed E-state index contributed by atoms with van der Waals surface area (Å²) in [6.45, 7) is 3.90. The summed E-state index contributed by atoms with van der Waals surface area (Å²) in [6.07, 6.45) is 2.15. The molecule has 39 heavy (non-hydrogen) atoms. The number of aliphatic hydroxyl groups excluding tert-OH is 2. The molecule has 2 aromatic rings. The zero-order chi connectivity index (χ0) is 28.4. The van der Waals surface area contributed by atoms with Crippen LogP contribution in [-0.4, -0.2) is 63.4 Å². The van der Waals surface area contributed by atoms with Crippen molar-refractivity contribution in [2.75, 3.05) is 14.1 Å². The quantitative estimate of drug-likeness (QED) is 0.436. The second-order valence-electron chi connectivity index (χ2n) is 11.3. The van der Waals surface area contributed by atoms with Crippen LogP contribution in [-0.2, 0) is 33.6 Å². The monoisotopic (exact) mass is 530 g/mol. The van der Waals surface area contributed by atoms with Gasteiger partial charge in [0, 0.05) is 17.1 Å². The Morgan fingerprint density at radius 3 is 2.33 bits per heavy atom. The predicted octanol–water partition coefficient (Wildman–Crippen LogP) is 2.66. The van der Waals surface area contributed by atoms with Crippen LogP contribution in [0.3, 0.4) is 0 Å². The van der Waals surface area contributed by atoms with E-state index in [1.54, 1.807) is 14.1 Å². The molecule has 0 spiro atoms. The van der Waals surface area contributed by atoms with Gasteiger partial charge in [0.05, 0.1) is 6.04 Å². The van der Waals surface area contributed by atoms with Crippen molar-refractivity contribution in [3.8, 4) is 0 Å². The molecule has 204 valence electrons. The second-order valence-corrected chi connectivity index (χ2v) is 11.3. The lowest BCUT2D eigenvalue weighted by atomic mass is 9.57. The molecule has 0 saturated heterocycles. The number of primary amides is 1. The molecular weight excluding hydrogens is 496 g/mol. The number of Topliss-reactive ketones (excluding diaryl/α,β-unsaturated/α-hetero) is 2. The summed E-state index contributed by atoms with van der Waals surface area (Å²) in [5.74, 6) is -5.59. The maximum absolute atomic E-state index is 14.0. The first kappa shape index (κ1) is 26.8. The molecule has 3 aliphatic rings. The number of fused-ring (bicyclic) bond motifs is 3. The summed E-state index contributed by atoms with van der Waals surface area (Å²) < 4.78 is 0. The van der Waals surface area contributed by atoms with Crippen LogP contribution in [0.15, 0.2) is 53.3 Å². The van der Waals surface area contributed by atoms with E-state index in [1.807, 2.05) is 19.9 Å². The Morgan fingerprint density at radius 2 is 1.72 bits per heavy atom. The van der Waals surface area contributed by atoms with Crippen molar-refractivity contribution in [3.05, 3.63) is 86.7 Å². The van der Waals surface area contributed by atoms with E-state index in [0.717, 1.165) is 29.5 Å². The summed E-state index contributed by atoms with van der Waals surface area (Å²) in [7, 11) is 3.22. The summed E-state index contributed by atoms with van der Waals surface area (Å²) >= 11 is 0. The molecule has 0 radical (unpaired) electrons. The number of aryl methyl sites for hydroxylation is 4. The van der Waals surface area contributed by atoms with Crippen LogP contribution in [0, 0.1) is 25.7 Å². The lowest BCUT2D eigenvalue weighted by molar-refractivity contribution is -0.153. The summed E-state index contributed by atoms with van der Waals surface area (Å²) in [4.78, 5) is 40.9. The maximum Gasteiger partial charge on any atom is 0.255 e. The Balaban J connectivity index is 1.61. The molecule has 8 nitrogen and oxygen atoms in total. The van der Waals surface area contributed by atoms with Crippen molar-refractivity contribution in [2.45, 2.75) is 51.2 Å². The third kappa shape index (κ3) is 4.01. The van der Waals surface area contributed by atoms with E-state index in [9.17, 15) is 29.7 Å². The van der Waals surface area contributed by atoms with Gasteiger partial charge in [-0.15, -0.1) is 0 Å². The molecule has 5 rings (SSSR count). The molecule has 0 bridgehead atoms. The van der Waals surface area contributed by atoms with Crippen molar-refractivity contribution in [2.24, 2.45) is 17.6 Å². The number of ketones is 2. The van der Waals surface area contributed by atoms with E-state index in [4.69, 9.17) is 5.73 Å². The van der Waals surface area contributed by atoms with Gasteiger partial charge < -0.3 is 21.1 Å². The van der Waals surface area contributed by atoms with Gasteiger partial charge in [-0.2, -0.15) is 0 Å². The van der Waals surface area contributed by atoms with E-state index in [0.29, 0.717) is 12.0 Å². The fourth-order valence-corrected chi connectivity index (χ4v) is 6.77. The number of nitrogens with zero attached hydrogens (tertiary/aromatic N) is 1. The molecule has 3 aliphatic carbocycles. The number of amides is 1. The van der Waals surface area contributed by atoms with Crippen molar-refractivity contribution < 1.29 is 29.7 Å². The minimum Gasteiger partial charge on any atom is -0.508 e. The number of nitrogens with two attached hydrogens (primary N) is 1. The molecule has 1 fully saturated rings. The molecule has 0 aliphatic heterocycles. The zero-order valence-electron chi connectivity index (χ0n) is 22.6. The van der Waals surface area contributed by atoms with E-state index in [2.05, 4.69) is 30.3 Å². The molecule has 2 aromatic carbocycles. The van der Waals surface area contributed by atoms with Crippen molar-refractivity contribution >= 4 is 23.2 Å². The molecule has 8 heteroatoms. The predicted molar refractivity (Wildman–Crippen MR) is 146 cm³/mol. The molecule has 0 aromatic heterocycles. The van der Waals surface area contributed by atoms with Gasteiger partial charge in [0.15, 0.2) is 11.4 Å². The average Bonchev–Trinajstić information content (AvgIpc) is 2.86. The zero-order valence-corrected chi connectivity index (χ0v) is 22.6. The summed E-state index contributed by atoms with van der Waals surface area (Å²) in [5.41, 5.74) is 7.84. The fraction of sp³-hybridized carbons (Fsp3) is 0.387. The number of rotatable bonds is 5. The van der Waals surface area contributed by atoms with Gasteiger partial charge in [0.2, 0.25) is 5.78 Å². The highest BCUT2D eigenvalue weighted by atomic mass is 16.3. The first-order valence-electron chi connectivity index (χ1n) is 13.2. The second kappa shape index (κ2) is 9.47. The SMILES string of the molecule is Cc1ccc(CCc2ccc(C)c3c2C[C@H]2C[C@H]4[C@H](N(C)C)C(=O)C(C(N)=O)=C(O)[C@@]4(O)C(=O)C2=C3O)cc1. The van der Waals surface area contributed by atoms with E-state index in [1.165, 1.54) is 16.0 Å². The van der Waals surface area contributed by atoms with E-state index in [-0.39, 0.29) is 17.8 Å². The van der Waals surface area contributed by atoms with Crippen LogP contribution in [0.2, 0.25) is 0 Å². The highest BCUT2D eigenvalue weighted by molar-refractivity contribution is 6.24. The third-order valence-corrected chi connectivity index (χ3v) is 8.74. The van der Waals surface area contributed by atoms with Gasteiger partial charge in [0.1, 0.15) is 17.1 Å². The third-order valence-electron chi connectivity index (χ3n) is 8.74. The molecule has 0 unspecified atom stereocenters. The summed E-state index contributed by atoms with van der Waals surface area (Å²) in [5, 5.41) is 34.2. The Morgan fingerprint density at radius 1 is 1.05 bits per heavy atom. The number of hydrogen-bond donors (Lipinski definition) is 4. The number of hydrogen-bond acceptors (Lipinski definition) is 7. The Bertz CT molecular complexity index is 1470. The highest BCUT2D eigenvalue weighted by Crippen LogP contribution is 2.52. The molecule has 0 heterocycles. The van der Waals surface area contributed by atoms with Crippen LogP contribution in [0.4, 0.5) is 0 Å². The smallest absolute Gasteiger partial charge is 0.255 e. The summed E-state index contributed by atoms with van der Waals surface area (Å²) in [6, 6.07) is 11.3. The minimum atomic E-state index is -2.55. The number of carbonyl (C=O) groups excluding carboxylic acids is 3. The number of carbonyl (C=O) groups is 3. The van der Waals surface area contributed by atoms with Crippen LogP contribution in [0.25, 0.3) is 5.76 Å². The Kier molecular flexibility index (Phi) is 6.51. The van der Waals surface area contributed by atoms with Crippen molar-refractivity contribution in [1.29, 1.82) is 0 Å². The molecule has 1 amide bonds. The van der Waals surface area contributed by atoms with Gasteiger partial charge in [-0.25, -0.2) is 0 Å². The van der Waals surface area contributed by atoms with Gasteiger partial charge in [-0.05, 0) is 81.8 Å². The largest absolute Gasteiger partial charge is 0.508 e. The number of likely N-dealkylation sites (N-methyl/N-ethyl adjacent to an activating group) is 1. The molecule has 4 atom stereocenters. The number of aliphatic hydroxyl groups is 3. The van der Waals surface area contributed by atoms with Crippen LogP contribution in [0.1, 0.15) is 39.8 Å². The normalized spacial score (nSPS) is 26.5. The van der Waals surface area contributed by atoms with Gasteiger partial charge >= 0.3 is 0 Å². The van der Waals surface area contributed by atoms with Crippen LogP contribution in [0.5, 0.6) is 0 Å². The molecule has 1 saturated carbocycles. The van der Waals surface area contributed by atoms with E-state index >= 15 is 0 Å². The van der Waals surface area contributed by atoms with Gasteiger partial charge in [0.25, 0.3) is 5.91 Å². The Hall–Kier alpha value is -3.75. The number of benzene rings is 2. The van der Waals surface area contributed by atoms with E-state index < -0.39 is 52.3 Å².